The molecule has 4 nitrogen and oxygen atoms in total. The van der Waals surface area contributed by atoms with E-state index in [2.05, 4.69) is 20.8 Å². The number of carbonyl (C=O) groups excluding carboxylic acids is 3. The maximum Gasteiger partial charge on any atom is 0.182 e. The Morgan fingerprint density at radius 1 is 1.08 bits per heavy atom. The van der Waals surface area contributed by atoms with Crippen LogP contribution in [0, 0.1) is 22.7 Å². The molecule has 0 saturated heterocycles. The van der Waals surface area contributed by atoms with Crippen molar-refractivity contribution >= 4 is 17.3 Å². The van der Waals surface area contributed by atoms with Gasteiger partial charge in [0.25, 0.3) is 0 Å². The largest absolute Gasteiger partial charge is 0.390 e. The van der Waals surface area contributed by atoms with E-state index in [1.165, 1.54) is 18.2 Å². The topological polar surface area (TPSA) is 71.4 Å². The summed E-state index contributed by atoms with van der Waals surface area (Å²) in [6.07, 6.45) is 6.87. The first-order chi connectivity index (χ1) is 11.5. The fraction of sp³-hybridized carbons (Fsp3) is 0.667. The van der Waals surface area contributed by atoms with Gasteiger partial charge in [-0.15, -0.1) is 0 Å². The first kappa shape index (κ1) is 18.2. The third kappa shape index (κ3) is 3.05. The van der Waals surface area contributed by atoms with E-state index in [9.17, 15) is 19.5 Å². The van der Waals surface area contributed by atoms with Crippen molar-refractivity contribution in [2.45, 2.75) is 65.4 Å². The van der Waals surface area contributed by atoms with Crippen LogP contribution in [0.2, 0.25) is 0 Å². The number of Topliss-reactive ketones (excluding diaryl/α,β-unsaturated/α-hetero) is 1. The second-order valence-electron chi connectivity index (χ2n) is 9.36. The summed E-state index contributed by atoms with van der Waals surface area (Å²) >= 11 is 0. The van der Waals surface area contributed by atoms with E-state index < -0.39 is 5.60 Å². The molecule has 0 unspecified atom stereocenters. The molecule has 25 heavy (non-hydrogen) atoms. The summed E-state index contributed by atoms with van der Waals surface area (Å²) in [4.78, 5) is 36.4. The highest BCUT2D eigenvalue weighted by Gasteiger charge is 2.59. The molecule has 3 aliphatic rings. The van der Waals surface area contributed by atoms with Crippen molar-refractivity contribution in [1.82, 2.24) is 0 Å². The molecule has 3 aliphatic carbocycles. The van der Waals surface area contributed by atoms with Crippen molar-refractivity contribution in [2.75, 3.05) is 0 Å². The smallest absolute Gasteiger partial charge is 0.182 e. The highest BCUT2D eigenvalue weighted by atomic mass is 16.3. The van der Waals surface area contributed by atoms with E-state index in [4.69, 9.17) is 0 Å². The zero-order chi connectivity index (χ0) is 18.6. The molecule has 136 valence electrons. The van der Waals surface area contributed by atoms with E-state index in [1.54, 1.807) is 0 Å². The molecule has 0 heterocycles. The fourth-order valence-corrected chi connectivity index (χ4v) is 5.93. The van der Waals surface area contributed by atoms with Crippen molar-refractivity contribution in [1.29, 1.82) is 0 Å². The van der Waals surface area contributed by atoms with Crippen molar-refractivity contribution < 1.29 is 19.5 Å². The zero-order valence-corrected chi connectivity index (χ0v) is 15.6. The number of carbonyl (C=O) groups is 3. The third-order valence-electron chi connectivity index (χ3n) is 6.91. The Morgan fingerprint density at radius 3 is 2.44 bits per heavy atom. The van der Waals surface area contributed by atoms with E-state index in [1.807, 2.05) is 6.92 Å². The Hall–Kier alpha value is -1.55. The van der Waals surface area contributed by atoms with Gasteiger partial charge in [0.1, 0.15) is 5.78 Å². The van der Waals surface area contributed by atoms with E-state index in [0.717, 1.165) is 6.42 Å². The van der Waals surface area contributed by atoms with Crippen LogP contribution in [0.15, 0.2) is 23.8 Å². The molecule has 0 bridgehead atoms. The van der Waals surface area contributed by atoms with Gasteiger partial charge >= 0.3 is 0 Å². The van der Waals surface area contributed by atoms with Crippen LogP contribution in [0.3, 0.4) is 0 Å². The lowest BCUT2D eigenvalue weighted by atomic mass is 9.44. The molecule has 4 atom stereocenters. The summed E-state index contributed by atoms with van der Waals surface area (Å²) in [7, 11) is 0. The summed E-state index contributed by atoms with van der Waals surface area (Å²) in [5, 5.41) is 11.1. The monoisotopic (exact) mass is 344 g/mol. The van der Waals surface area contributed by atoms with Gasteiger partial charge in [0.2, 0.25) is 0 Å². The average molecular weight is 344 g/mol. The Labute approximate surface area is 149 Å². The minimum Gasteiger partial charge on any atom is -0.390 e. The minimum atomic E-state index is -0.954. The van der Waals surface area contributed by atoms with Crippen LogP contribution in [0.5, 0.6) is 0 Å². The number of ketones is 3. The van der Waals surface area contributed by atoms with Gasteiger partial charge in [-0.1, -0.05) is 20.8 Å². The minimum absolute atomic E-state index is 0.112. The second kappa shape index (κ2) is 5.73. The summed E-state index contributed by atoms with van der Waals surface area (Å²) in [6.45, 7) is 8.19. The summed E-state index contributed by atoms with van der Waals surface area (Å²) in [6, 6.07) is 0. The molecule has 0 aromatic rings. The molecule has 3 rings (SSSR count). The lowest BCUT2D eigenvalue weighted by Crippen LogP contribution is -2.59. The fourth-order valence-electron chi connectivity index (χ4n) is 5.93. The predicted octanol–water partition coefficient (Wildman–Crippen LogP) is 3.18. The Kier molecular flexibility index (Phi) is 4.18. The average Bonchev–Trinajstić information content (AvgIpc) is 2.44. The normalized spacial score (nSPS) is 40.7. The van der Waals surface area contributed by atoms with Crippen LogP contribution in [0.4, 0.5) is 0 Å². The maximum atomic E-state index is 12.5. The van der Waals surface area contributed by atoms with Crippen molar-refractivity contribution in [3.63, 3.8) is 0 Å². The van der Waals surface area contributed by atoms with Gasteiger partial charge in [0.05, 0.1) is 5.60 Å². The maximum absolute atomic E-state index is 12.5. The number of aliphatic hydroxyl groups is 1. The summed E-state index contributed by atoms with van der Waals surface area (Å²) < 4.78 is 0. The molecule has 4 heteroatoms. The summed E-state index contributed by atoms with van der Waals surface area (Å²) in [5.74, 6) is -0.0362. The summed E-state index contributed by atoms with van der Waals surface area (Å²) in [5.41, 5.74) is -0.981. The van der Waals surface area contributed by atoms with Gasteiger partial charge in [-0.05, 0) is 67.1 Å². The van der Waals surface area contributed by atoms with E-state index in [0.29, 0.717) is 37.2 Å². The number of hydrogen-bond acceptors (Lipinski definition) is 4. The van der Waals surface area contributed by atoms with Crippen molar-refractivity contribution in [2.24, 2.45) is 22.7 Å². The second-order valence-corrected chi connectivity index (χ2v) is 9.36. The van der Waals surface area contributed by atoms with Gasteiger partial charge in [-0.3, -0.25) is 14.4 Å². The van der Waals surface area contributed by atoms with Crippen LogP contribution in [0.25, 0.3) is 0 Å². The number of fused-ring (bicyclic) bond motifs is 1. The molecule has 0 radical (unpaired) electrons. The first-order valence-electron chi connectivity index (χ1n) is 9.17. The lowest BCUT2D eigenvalue weighted by molar-refractivity contribution is -0.173. The standard InChI is InChI=1S/C21H28O4/c1-19(2)11-15(23)12-20(3)17(19)7-8-21(4,25)18(20)10-13-9-14(22)5-6-16(13)24/h5-6,9,17-18,25H,7-8,10-12H2,1-4H3/t17-,18+,20-,21+/m0/s1. The molecular formula is C21H28O4. The molecule has 2 fully saturated rings. The third-order valence-corrected chi connectivity index (χ3v) is 6.91. The van der Waals surface area contributed by atoms with E-state index >= 15 is 0 Å². The molecule has 0 aliphatic heterocycles. The number of hydrogen-bond donors (Lipinski definition) is 1. The Bertz CT molecular complexity index is 695. The molecular weight excluding hydrogens is 316 g/mol. The van der Waals surface area contributed by atoms with Gasteiger partial charge in [0.15, 0.2) is 11.6 Å². The number of rotatable bonds is 2. The lowest BCUT2D eigenvalue weighted by Gasteiger charge is -2.60. The highest BCUT2D eigenvalue weighted by molar-refractivity contribution is 6.17. The molecule has 0 spiro atoms. The highest BCUT2D eigenvalue weighted by Crippen LogP contribution is 2.62. The molecule has 0 aromatic heterocycles. The quantitative estimate of drug-likeness (QED) is 0.781. The van der Waals surface area contributed by atoms with Crippen molar-refractivity contribution in [3.8, 4) is 0 Å². The van der Waals surface area contributed by atoms with Crippen LogP contribution < -0.4 is 0 Å². The predicted molar refractivity (Wildman–Crippen MR) is 94.8 cm³/mol. The number of allylic oxidation sites excluding steroid dienone is 4. The van der Waals surface area contributed by atoms with E-state index in [-0.39, 0.29) is 34.1 Å². The van der Waals surface area contributed by atoms with Gasteiger partial charge in [0, 0.05) is 18.4 Å². The molecule has 1 N–H and O–H groups in total. The Morgan fingerprint density at radius 2 is 1.76 bits per heavy atom. The van der Waals surface area contributed by atoms with Gasteiger partial charge in [-0.2, -0.15) is 0 Å². The molecule has 0 amide bonds. The van der Waals surface area contributed by atoms with Gasteiger partial charge < -0.3 is 5.11 Å². The molecule has 0 aromatic carbocycles. The van der Waals surface area contributed by atoms with Gasteiger partial charge in [-0.25, -0.2) is 0 Å². The van der Waals surface area contributed by atoms with Crippen LogP contribution >= 0.6 is 0 Å². The first-order valence-corrected chi connectivity index (χ1v) is 9.17. The zero-order valence-electron chi connectivity index (χ0n) is 15.6. The van der Waals surface area contributed by atoms with Crippen LogP contribution in [-0.4, -0.2) is 28.1 Å². The van der Waals surface area contributed by atoms with Crippen molar-refractivity contribution in [3.05, 3.63) is 23.8 Å². The molecule has 2 saturated carbocycles. The Balaban J connectivity index is 2.00. The van der Waals surface area contributed by atoms with Crippen LogP contribution in [0.1, 0.15) is 59.8 Å². The van der Waals surface area contributed by atoms with Crippen LogP contribution in [-0.2, 0) is 14.4 Å². The SMILES string of the molecule is CC1(C)CC(=O)C[C@]2(C)[C@@H](CC3=CC(=O)C=CC3=O)[C@](C)(O)CC[C@@H]12.